The molecule has 5 heteroatoms. The first-order valence-corrected chi connectivity index (χ1v) is 5.62. The van der Waals surface area contributed by atoms with Gasteiger partial charge >= 0.3 is 0 Å². The largest absolute Gasteiger partial charge is 0.338 e. The highest BCUT2D eigenvalue weighted by Crippen LogP contribution is 2.16. The first-order valence-electron chi connectivity index (χ1n) is 5.62. The van der Waals surface area contributed by atoms with Crippen LogP contribution in [0.2, 0.25) is 0 Å². The molecule has 1 fully saturated rings. The van der Waals surface area contributed by atoms with Crippen molar-refractivity contribution in [3.05, 3.63) is 5.89 Å². The Balaban J connectivity index is 1.97. The standard InChI is InChI=1S/C10H18N4O/c1-2-8(11)7-9-12-10(13-15-9)14-5-3-4-6-14/h8H,2-7,11H2,1H3. The Morgan fingerprint density at radius 1 is 1.47 bits per heavy atom. The summed E-state index contributed by atoms with van der Waals surface area (Å²) < 4.78 is 5.17. The number of nitrogens with two attached hydrogens (primary N) is 1. The maximum atomic E-state index is 5.83. The molecule has 2 rings (SSSR count). The molecule has 1 atom stereocenters. The van der Waals surface area contributed by atoms with Gasteiger partial charge in [0.25, 0.3) is 5.95 Å². The minimum Gasteiger partial charge on any atom is -0.338 e. The summed E-state index contributed by atoms with van der Waals surface area (Å²) in [6, 6.07) is 0.122. The number of aromatic nitrogens is 2. The van der Waals surface area contributed by atoms with Crippen molar-refractivity contribution in [2.45, 2.75) is 38.6 Å². The molecule has 0 radical (unpaired) electrons. The second-order valence-electron chi connectivity index (χ2n) is 4.05. The van der Waals surface area contributed by atoms with E-state index in [0.717, 1.165) is 25.5 Å². The molecule has 1 aromatic rings. The van der Waals surface area contributed by atoms with Gasteiger partial charge in [-0.05, 0) is 24.4 Å². The lowest BCUT2D eigenvalue weighted by atomic mass is 10.2. The summed E-state index contributed by atoms with van der Waals surface area (Å²) in [4.78, 5) is 6.51. The van der Waals surface area contributed by atoms with Gasteiger partial charge in [0, 0.05) is 25.6 Å². The van der Waals surface area contributed by atoms with E-state index in [0.29, 0.717) is 12.3 Å². The van der Waals surface area contributed by atoms with Gasteiger partial charge in [0.05, 0.1) is 0 Å². The van der Waals surface area contributed by atoms with Crippen LogP contribution in [-0.2, 0) is 6.42 Å². The van der Waals surface area contributed by atoms with E-state index in [1.54, 1.807) is 0 Å². The van der Waals surface area contributed by atoms with Gasteiger partial charge < -0.3 is 15.2 Å². The first kappa shape index (κ1) is 10.4. The van der Waals surface area contributed by atoms with Crippen LogP contribution in [0.25, 0.3) is 0 Å². The lowest BCUT2D eigenvalue weighted by molar-refractivity contribution is 0.367. The summed E-state index contributed by atoms with van der Waals surface area (Å²) in [5, 5.41) is 3.97. The topological polar surface area (TPSA) is 68.2 Å². The van der Waals surface area contributed by atoms with Gasteiger partial charge in [-0.3, -0.25) is 0 Å². The van der Waals surface area contributed by atoms with Crippen molar-refractivity contribution in [1.29, 1.82) is 0 Å². The molecule has 0 aromatic carbocycles. The molecule has 0 spiro atoms. The molecule has 1 aliphatic heterocycles. The van der Waals surface area contributed by atoms with E-state index in [-0.39, 0.29) is 6.04 Å². The fourth-order valence-corrected chi connectivity index (χ4v) is 1.74. The fraction of sp³-hybridized carbons (Fsp3) is 0.800. The molecule has 1 saturated heterocycles. The third-order valence-electron chi connectivity index (χ3n) is 2.81. The molecule has 2 N–H and O–H groups in total. The summed E-state index contributed by atoms with van der Waals surface area (Å²) >= 11 is 0. The van der Waals surface area contributed by atoms with E-state index in [2.05, 4.69) is 22.0 Å². The first-order chi connectivity index (χ1) is 7.29. The monoisotopic (exact) mass is 210 g/mol. The van der Waals surface area contributed by atoms with Gasteiger partial charge in [-0.25, -0.2) is 0 Å². The van der Waals surface area contributed by atoms with Crippen LogP contribution < -0.4 is 10.6 Å². The van der Waals surface area contributed by atoms with Crippen molar-refractivity contribution >= 4 is 5.95 Å². The maximum Gasteiger partial charge on any atom is 0.266 e. The van der Waals surface area contributed by atoms with Crippen LogP contribution in [0.3, 0.4) is 0 Å². The molecular weight excluding hydrogens is 192 g/mol. The lowest BCUT2D eigenvalue weighted by Crippen LogP contribution is -2.22. The van der Waals surface area contributed by atoms with Crippen LogP contribution in [0.1, 0.15) is 32.1 Å². The van der Waals surface area contributed by atoms with Gasteiger partial charge in [0.15, 0.2) is 0 Å². The van der Waals surface area contributed by atoms with Crippen LogP contribution in [0.5, 0.6) is 0 Å². The summed E-state index contributed by atoms with van der Waals surface area (Å²) in [5.74, 6) is 1.39. The molecular formula is C10H18N4O. The highest BCUT2D eigenvalue weighted by atomic mass is 16.5. The van der Waals surface area contributed by atoms with E-state index in [4.69, 9.17) is 10.3 Å². The molecule has 84 valence electrons. The highest BCUT2D eigenvalue weighted by Gasteiger charge is 2.18. The molecule has 1 aromatic heterocycles. The Bertz CT molecular complexity index is 306. The number of anilines is 1. The molecule has 1 unspecified atom stereocenters. The fourth-order valence-electron chi connectivity index (χ4n) is 1.74. The predicted octanol–water partition coefficient (Wildman–Crippen LogP) is 0.950. The third-order valence-corrected chi connectivity index (χ3v) is 2.81. The third kappa shape index (κ3) is 2.47. The molecule has 0 bridgehead atoms. The number of hydrogen-bond donors (Lipinski definition) is 1. The van der Waals surface area contributed by atoms with Crippen molar-refractivity contribution < 1.29 is 4.52 Å². The summed E-state index contributed by atoms with van der Waals surface area (Å²) in [7, 11) is 0. The normalized spacial score (nSPS) is 18.4. The lowest BCUT2D eigenvalue weighted by Gasteiger charge is -2.09. The second kappa shape index (κ2) is 4.61. The molecule has 0 saturated carbocycles. The van der Waals surface area contributed by atoms with E-state index in [1.165, 1.54) is 12.8 Å². The van der Waals surface area contributed by atoms with E-state index in [1.807, 2.05) is 0 Å². The minimum absolute atomic E-state index is 0.122. The van der Waals surface area contributed by atoms with Crippen molar-refractivity contribution in [3.8, 4) is 0 Å². The Kier molecular flexibility index (Phi) is 3.20. The van der Waals surface area contributed by atoms with Crippen LogP contribution >= 0.6 is 0 Å². The molecule has 15 heavy (non-hydrogen) atoms. The van der Waals surface area contributed by atoms with Gasteiger partial charge in [-0.1, -0.05) is 6.92 Å². The van der Waals surface area contributed by atoms with Crippen LogP contribution in [0, 0.1) is 0 Å². The summed E-state index contributed by atoms with van der Waals surface area (Å²) in [6.45, 7) is 4.14. The molecule has 0 aliphatic carbocycles. The van der Waals surface area contributed by atoms with E-state index < -0.39 is 0 Å². The van der Waals surface area contributed by atoms with Crippen LogP contribution in [-0.4, -0.2) is 29.3 Å². The van der Waals surface area contributed by atoms with Crippen molar-refractivity contribution in [1.82, 2.24) is 10.1 Å². The average molecular weight is 210 g/mol. The zero-order valence-corrected chi connectivity index (χ0v) is 9.15. The Morgan fingerprint density at radius 2 is 2.20 bits per heavy atom. The van der Waals surface area contributed by atoms with Crippen molar-refractivity contribution in [2.75, 3.05) is 18.0 Å². The molecule has 2 heterocycles. The molecule has 1 aliphatic rings. The van der Waals surface area contributed by atoms with Crippen molar-refractivity contribution in [2.24, 2.45) is 5.73 Å². The quantitative estimate of drug-likeness (QED) is 0.801. The Hall–Kier alpha value is -1.10. The van der Waals surface area contributed by atoms with Gasteiger partial charge in [0.2, 0.25) is 5.89 Å². The van der Waals surface area contributed by atoms with Gasteiger partial charge in [-0.15, -0.1) is 0 Å². The Labute approximate surface area is 89.6 Å². The predicted molar refractivity (Wildman–Crippen MR) is 57.7 cm³/mol. The van der Waals surface area contributed by atoms with Crippen molar-refractivity contribution in [3.63, 3.8) is 0 Å². The van der Waals surface area contributed by atoms with Crippen LogP contribution in [0.4, 0.5) is 5.95 Å². The summed E-state index contributed by atoms with van der Waals surface area (Å²) in [5.41, 5.74) is 5.83. The van der Waals surface area contributed by atoms with Gasteiger partial charge in [-0.2, -0.15) is 4.98 Å². The second-order valence-corrected chi connectivity index (χ2v) is 4.05. The van der Waals surface area contributed by atoms with E-state index >= 15 is 0 Å². The zero-order valence-electron chi connectivity index (χ0n) is 9.15. The minimum atomic E-state index is 0.122. The smallest absolute Gasteiger partial charge is 0.266 e. The number of nitrogens with zero attached hydrogens (tertiary/aromatic N) is 3. The number of hydrogen-bond acceptors (Lipinski definition) is 5. The molecule has 0 amide bonds. The van der Waals surface area contributed by atoms with Crippen LogP contribution in [0.15, 0.2) is 4.52 Å². The maximum absolute atomic E-state index is 5.83. The zero-order chi connectivity index (χ0) is 10.7. The van der Waals surface area contributed by atoms with Gasteiger partial charge in [0.1, 0.15) is 0 Å². The average Bonchev–Trinajstić information content (AvgIpc) is 2.85. The number of rotatable bonds is 4. The summed E-state index contributed by atoms with van der Waals surface area (Å²) in [6.07, 6.45) is 4.05. The molecule has 5 nitrogen and oxygen atoms in total. The van der Waals surface area contributed by atoms with E-state index in [9.17, 15) is 0 Å². The Morgan fingerprint density at radius 3 is 2.87 bits per heavy atom. The highest BCUT2D eigenvalue weighted by molar-refractivity contribution is 5.28. The SMILES string of the molecule is CCC(N)Cc1nc(N2CCCC2)no1.